The third-order valence-corrected chi connectivity index (χ3v) is 8.14. The van der Waals surface area contributed by atoms with Gasteiger partial charge in [0.1, 0.15) is 5.00 Å². The van der Waals surface area contributed by atoms with Crippen LogP contribution < -0.4 is 10.6 Å². The standard InChI is InChI=1S/C21H18N4O2S3/c1-12(26)22-13-4-5-15-16(10-13)30-21(23-15)24-19(27)18-14-6-9-28-11-17(14)29-20(18)25-7-2-3-8-25/h2-5,7-8,10H,6,9,11H2,1H3,(H,22,26)(H,23,24,27). The summed E-state index contributed by atoms with van der Waals surface area (Å²) in [6, 6.07) is 9.47. The van der Waals surface area contributed by atoms with Crippen molar-refractivity contribution in [3.63, 3.8) is 0 Å². The number of nitrogens with one attached hydrogen (secondary N) is 2. The van der Waals surface area contributed by atoms with Crippen molar-refractivity contribution in [2.45, 2.75) is 19.1 Å². The van der Waals surface area contributed by atoms with Crippen LogP contribution in [-0.2, 0) is 17.0 Å². The molecule has 30 heavy (non-hydrogen) atoms. The third-order valence-electron chi connectivity index (χ3n) is 4.80. The highest BCUT2D eigenvalue weighted by atomic mass is 32.2. The molecular weight excluding hydrogens is 436 g/mol. The molecule has 2 amide bonds. The SMILES string of the molecule is CC(=O)Nc1ccc2nc(NC(=O)c3c(-n4cccc4)sc4c3CCSC4)sc2c1. The van der Waals surface area contributed by atoms with Crippen molar-refractivity contribution in [2.75, 3.05) is 16.4 Å². The lowest BCUT2D eigenvalue weighted by Gasteiger charge is -2.12. The van der Waals surface area contributed by atoms with E-state index in [1.165, 1.54) is 23.1 Å². The molecule has 6 nitrogen and oxygen atoms in total. The van der Waals surface area contributed by atoms with Crippen LogP contribution in [0.15, 0.2) is 42.7 Å². The number of hydrogen-bond donors (Lipinski definition) is 2. The summed E-state index contributed by atoms with van der Waals surface area (Å²) >= 11 is 5.01. The van der Waals surface area contributed by atoms with Gasteiger partial charge >= 0.3 is 0 Å². The van der Waals surface area contributed by atoms with Gasteiger partial charge in [-0.15, -0.1) is 11.3 Å². The number of fused-ring (bicyclic) bond motifs is 2. The first-order valence-corrected chi connectivity index (χ1v) is 12.2. The van der Waals surface area contributed by atoms with Gasteiger partial charge in [-0.25, -0.2) is 4.98 Å². The minimum atomic E-state index is -0.121. The average molecular weight is 455 g/mol. The normalized spacial score (nSPS) is 13.2. The van der Waals surface area contributed by atoms with Gasteiger partial charge in [0.25, 0.3) is 5.91 Å². The second-order valence-electron chi connectivity index (χ2n) is 6.91. The van der Waals surface area contributed by atoms with E-state index in [1.54, 1.807) is 11.3 Å². The highest BCUT2D eigenvalue weighted by Crippen LogP contribution is 2.39. The molecule has 0 fully saturated rings. The monoisotopic (exact) mass is 454 g/mol. The van der Waals surface area contributed by atoms with Gasteiger partial charge in [-0.1, -0.05) is 11.3 Å². The Labute approximate surface area is 185 Å². The van der Waals surface area contributed by atoms with Crippen molar-refractivity contribution in [2.24, 2.45) is 0 Å². The molecule has 5 rings (SSSR count). The molecule has 4 aromatic rings. The van der Waals surface area contributed by atoms with E-state index in [4.69, 9.17) is 0 Å². The quantitative estimate of drug-likeness (QED) is 0.447. The van der Waals surface area contributed by atoms with Crippen LogP contribution in [0.5, 0.6) is 0 Å². The number of nitrogens with zero attached hydrogens (tertiary/aromatic N) is 2. The Hall–Kier alpha value is -2.62. The molecule has 0 atom stereocenters. The number of rotatable bonds is 4. The molecule has 0 saturated heterocycles. The first-order chi connectivity index (χ1) is 14.6. The van der Waals surface area contributed by atoms with Gasteiger partial charge in [-0.2, -0.15) is 11.8 Å². The minimum Gasteiger partial charge on any atom is -0.326 e. The molecule has 3 aromatic heterocycles. The topological polar surface area (TPSA) is 76.0 Å². The molecule has 0 spiro atoms. The first-order valence-electron chi connectivity index (χ1n) is 9.43. The lowest BCUT2D eigenvalue weighted by Crippen LogP contribution is -2.16. The summed E-state index contributed by atoms with van der Waals surface area (Å²) in [5, 5.41) is 7.30. The number of hydrogen-bond acceptors (Lipinski definition) is 6. The van der Waals surface area contributed by atoms with Crippen LogP contribution in [0.2, 0.25) is 0 Å². The lowest BCUT2D eigenvalue weighted by molar-refractivity contribution is -0.114. The molecule has 9 heteroatoms. The van der Waals surface area contributed by atoms with E-state index in [9.17, 15) is 9.59 Å². The van der Waals surface area contributed by atoms with Crippen LogP contribution in [0, 0.1) is 0 Å². The molecule has 0 radical (unpaired) electrons. The Kier molecular flexibility index (Phi) is 5.10. The van der Waals surface area contributed by atoms with Crippen molar-refractivity contribution >= 4 is 67.3 Å². The van der Waals surface area contributed by atoms with E-state index in [0.717, 1.165) is 50.0 Å². The highest BCUT2D eigenvalue weighted by molar-refractivity contribution is 7.98. The predicted octanol–water partition coefficient (Wildman–Crippen LogP) is 5.15. The van der Waals surface area contributed by atoms with E-state index in [-0.39, 0.29) is 11.8 Å². The molecule has 0 unspecified atom stereocenters. The fourth-order valence-electron chi connectivity index (χ4n) is 3.52. The zero-order valence-electron chi connectivity index (χ0n) is 16.1. The van der Waals surface area contributed by atoms with Crippen molar-refractivity contribution in [3.8, 4) is 5.00 Å². The zero-order valence-corrected chi connectivity index (χ0v) is 18.5. The maximum Gasteiger partial charge on any atom is 0.260 e. The summed E-state index contributed by atoms with van der Waals surface area (Å²) in [5.41, 5.74) is 3.42. The maximum atomic E-state index is 13.3. The third kappa shape index (κ3) is 3.64. The number of thioether (sulfide) groups is 1. The Morgan fingerprint density at radius 1 is 1.13 bits per heavy atom. The number of carbonyl (C=O) groups excluding carboxylic acids is 2. The fourth-order valence-corrected chi connectivity index (χ4v) is 6.87. The summed E-state index contributed by atoms with van der Waals surface area (Å²) in [6.45, 7) is 1.48. The van der Waals surface area contributed by atoms with Gasteiger partial charge in [0.05, 0.1) is 15.8 Å². The van der Waals surface area contributed by atoms with E-state index >= 15 is 0 Å². The summed E-state index contributed by atoms with van der Waals surface area (Å²) in [7, 11) is 0. The Bertz CT molecular complexity index is 1260. The van der Waals surface area contributed by atoms with Gasteiger partial charge in [0.2, 0.25) is 5.91 Å². The Morgan fingerprint density at radius 3 is 2.77 bits per heavy atom. The van der Waals surface area contributed by atoms with Crippen LogP contribution in [0.3, 0.4) is 0 Å². The van der Waals surface area contributed by atoms with Gasteiger partial charge in [-0.05, 0) is 48.1 Å². The number of anilines is 2. The van der Waals surface area contributed by atoms with Gasteiger partial charge in [-0.3, -0.25) is 14.9 Å². The number of benzene rings is 1. The van der Waals surface area contributed by atoms with Crippen LogP contribution in [0.25, 0.3) is 15.2 Å². The molecule has 0 bridgehead atoms. The molecule has 1 aliphatic rings. The molecule has 152 valence electrons. The summed E-state index contributed by atoms with van der Waals surface area (Å²) < 4.78 is 2.92. The molecule has 0 saturated carbocycles. The van der Waals surface area contributed by atoms with Crippen LogP contribution >= 0.6 is 34.4 Å². The average Bonchev–Trinajstić information content (AvgIpc) is 3.44. The number of thiophene rings is 1. The van der Waals surface area contributed by atoms with Crippen molar-refractivity contribution < 1.29 is 9.59 Å². The van der Waals surface area contributed by atoms with Crippen LogP contribution in [0.1, 0.15) is 27.7 Å². The molecule has 2 N–H and O–H groups in total. The van der Waals surface area contributed by atoms with Crippen LogP contribution in [0.4, 0.5) is 10.8 Å². The fraction of sp³-hybridized carbons (Fsp3) is 0.190. The Balaban J connectivity index is 1.48. The highest BCUT2D eigenvalue weighted by Gasteiger charge is 2.27. The number of amides is 2. The summed E-state index contributed by atoms with van der Waals surface area (Å²) in [6.07, 6.45) is 4.85. The van der Waals surface area contributed by atoms with Crippen molar-refractivity contribution in [1.82, 2.24) is 9.55 Å². The van der Waals surface area contributed by atoms with E-state index < -0.39 is 0 Å². The molecule has 1 aliphatic heterocycles. The Morgan fingerprint density at radius 2 is 1.97 bits per heavy atom. The number of aromatic nitrogens is 2. The zero-order chi connectivity index (χ0) is 20.7. The van der Waals surface area contributed by atoms with Gasteiger partial charge < -0.3 is 9.88 Å². The van der Waals surface area contributed by atoms with E-state index in [1.807, 2.05) is 59.1 Å². The molecule has 0 aliphatic carbocycles. The van der Waals surface area contributed by atoms with Crippen molar-refractivity contribution in [1.29, 1.82) is 0 Å². The molecule has 4 heterocycles. The maximum absolute atomic E-state index is 13.3. The molecule has 1 aromatic carbocycles. The minimum absolute atomic E-state index is 0.120. The predicted molar refractivity (Wildman–Crippen MR) is 125 cm³/mol. The summed E-state index contributed by atoms with van der Waals surface area (Å²) in [4.78, 5) is 30.5. The van der Waals surface area contributed by atoms with Gasteiger partial charge in [0, 0.05) is 35.6 Å². The smallest absolute Gasteiger partial charge is 0.260 e. The first kappa shape index (κ1) is 19.3. The van der Waals surface area contributed by atoms with Gasteiger partial charge in [0.15, 0.2) is 5.13 Å². The second-order valence-corrected chi connectivity index (χ2v) is 10.1. The number of thiazole rings is 1. The van der Waals surface area contributed by atoms with E-state index in [2.05, 4.69) is 15.6 Å². The number of carbonyl (C=O) groups is 2. The largest absolute Gasteiger partial charge is 0.326 e. The van der Waals surface area contributed by atoms with Crippen LogP contribution in [-0.4, -0.2) is 27.1 Å². The summed E-state index contributed by atoms with van der Waals surface area (Å²) in [5.74, 6) is 1.74. The second kappa shape index (κ2) is 7.90. The molecular formula is C21H18N4O2S3. The van der Waals surface area contributed by atoms with E-state index in [0.29, 0.717) is 5.13 Å². The lowest BCUT2D eigenvalue weighted by atomic mass is 10.1. The van der Waals surface area contributed by atoms with Crippen molar-refractivity contribution in [3.05, 3.63) is 58.7 Å².